The smallest absolute Gasteiger partial charge is 0.261 e. The van der Waals surface area contributed by atoms with Gasteiger partial charge in [-0.15, -0.1) is 11.3 Å². The van der Waals surface area contributed by atoms with Gasteiger partial charge in [-0.25, -0.2) is 0 Å². The molecule has 22 heavy (non-hydrogen) atoms. The van der Waals surface area contributed by atoms with Gasteiger partial charge in [-0.2, -0.15) is 0 Å². The minimum Gasteiger partial charge on any atom is -0.350 e. The normalized spacial score (nSPS) is 14.3. The molecule has 0 atom stereocenters. The van der Waals surface area contributed by atoms with E-state index in [1.54, 1.807) is 13.0 Å². The SMILES string of the molecule is CC(=O)N(CCNC(=O)c1cccs1)CCC1=CCCCC1. The zero-order valence-corrected chi connectivity index (χ0v) is 14.0. The highest BCUT2D eigenvalue weighted by Crippen LogP contribution is 2.20. The van der Waals surface area contributed by atoms with Gasteiger partial charge in [-0.05, 0) is 43.6 Å². The van der Waals surface area contributed by atoms with Crippen LogP contribution in [-0.2, 0) is 4.79 Å². The summed E-state index contributed by atoms with van der Waals surface area (Å²) in [5, 5.41) is 4.75. The van der Waals surface area contributed by atoms with Crippen molar-refractivity contribution in [3.63, 3.8) is 0 Å². The lowest BCUT2D eigenvalue weighted by molar-refractivity contribution is -0.128. The minimum absolute atomic E-state index is 0.0616. The van der Waals surface area contributed by atoms with Gasteiger partial charge < -0.3 is 10.2 Å². The quantitative estimate of drug-likeness (QED) is 0.784. The number of carbonyl (C=O) groups is 2. The van der Waals surface area contributed by atoms with Crippen molar-refractivity contribution in [1.82, 2.24) is 10.2 Å². The predicted octanol–water partition coefficient (Wildman–Crippen LogP) is 3.22. The third kappa shape index (κ3) is 5.30. The second-order valence-electron chi connectivity index (χ2n) is 5.60. The maximum atomic E-state index is 11.8. The Labute approximate surface area is 136 Å². The molecule has 1 N–H and O–H groups in total. The van der Waals surface area contributed by atoms with E-state index in [9.17, 15) is 9.59 Å². The van der Waals surface area contributed by atoms with Crippen molar-refractivity contribution in [1.29, 1.82) is 0 Å². The maximum Gasteiger partial charge on any atom is 0.261 e. The van der Waals surface area contributed by atoms with Crippen LogP contribution in [0.4, 0.5) is 0 Å². The second-order valence-corrected chi connectivity index (χ2v) is 6.55. The lowest BCUT2D eigenvalue weighted by Crippen LogP contribution is -2.38. The molecule has 1 aromatic heterocycles. The van der Waals surface area contributed by atoms with E-state index in [-0.39, 0.29) is 11.8 Å². The summed E-state index contributed by atoms with van der Waals surface area (Å²) in [4.78, 5) is 26.1. The summed E-state index contributed by atoms with van der Waals surface area (Å²) >= 11 is 1.43. The Balaban J connectivity index is 1.73. The first-order chi connectivity index (χ1) is 10.7. The van der Waals surface area contributed by atoms with Crippen molar-refractivity contribution >= 4 is 23.2 Å². The molecule has 1 aliphatic rings. The molecule has 0 saturated heterocycles. The molecule has 0 bridgehead atoms. The monoisotopic (exact) mass is 320 g/mol. The summed E-state index contributed by atoms with van der Waals surface area (Å²) in [7, 11) is 0. The Kier molecular flexibility index (Phi) is 6.65. The van der Waals surface area contributed by atoms with Gasteiger partial charge in [0.25, 0.3) is 5.91 Å². The van der Waals surface area contributed by atoms with E-state index in [0.717, 1.165) is 13.0 Å². The largest absolute Gasteiger partial charge is 0.350 e. The van der Waals surface area contributed by atoms with E-state index in [2.05, 4.69) is 11.4 Å². The summed E-state index contributed by atoms with van der Waals surface area (Å²) in [5.41, 5.74) is 1.47. The average molecular weight is 320 g/mol. The molecule has 1 heterocycles. The van der Waals surface area contributed by atoms with Crippen molar-refractivity contribution < 1.29 is 9.59 Å². The molecule has 5 heteroatoms. The molecule has 2 rings (SSSR count). The maximum absolute atomic E-state index is 11.8. The number of carbonyl (C=O) groups excluding carboxylic acids is 2. The Morgan fingerprint density at radius 1 is 1.32 bits per heavy atom. The minimum atomic E-state index is -0.0616. The Morgan fingerprint density at radius 2 is 2.18 bits per heavy atom. The van der Waals surface area contributed by atoms with Gasteiger partial charge in [0.2, 0.25) is 5.91 Å². The highest BCUT2D eigenvalue weighted by molar-refractivity contribution is 7.12. The van der Waals surface area contributed by atoms with Gasteiger partial charge in [0.15, 0.2) is 0 Å². The number of rotatable bonds is 7. The molecule has 0 aliphatic heterocycles. The predicted molar refractivity (Wildman–Crippen MR) is 90.1 cm³/mol. The van der Waals surface area contributed by atoms with Crippen molar-refractivity contribution in [2.75, 3.05) is 19.6 Å². The summed E-state index contributed by atoms with van der Waals surface area (Å²) in [6.45, 7) is 3.40. The third-order valence-corrected chi connectivity index (χ3v) is 4.81. The standard InChI is InChI=1S/C17H24N2O2S/c1-14(20)19(11-9-15-6-3-2-4-7-15)12-10-18-17(21)16-8-5-13-22-16/h5-6,8,13H,2-4,7,9-12H2,1H3,(H,18,21). The molecule has 0 radical (unpaired) electrons. The Hall–Kier alpha value is -1.62. The van der Waals surface area contributed by atoms with Gasteiger partial charge in [0, 0.05) is 26.6 Å². The lowest BCUT2D eigenvalue weighted by Gasteiger charge is -2.23. The molecular weight excluding hydrogens is 296 g/mol. The van der Waals surface area contributed by atoms with Crippen molar-refractivity contribution in [2.24, 2.45) is 0 Å². The van der Waals surface area contributed by atoms with Crippen LogP contribution in [0.15, 0.2) is 29.2 Å². The van der Waals surface area contributed by atoms with Crippen molar-refractivity contribution in [2.45, 2.75) is 39.0 Å². The van der Waals surface area contributed by atoms with Gasteiger partial charge in [0.1, 0.15) is 0 Å². The van der Waals surface area contributed by atoms with Crippen LogP contribution in [0, 0.1) is 0 Å². The molecule has 1 aromatic rings. The topological polar surface area (TPSA) is 49.4 Å². The van der Waals surface area contributed by atoms with Crippen LogP contribution in [0.2, 0.25) is 0 Å². The molecule has 0 fully saturated rings. The van der Waals surface area contributed by atoms with Crippen LogP contribution < -0.4 is 5.32 Å². The molecule has 120 valence electrons. The summed E-state index contributed by atoms with van der Waals surface area (Å²) in [5.74, 6) is 0.00951. The fourth-order valence-electron chi connectivity index (χ4n) is 2.64. The van der Waals surface area contributed by atoms with Crippen molar-refractivity contribution in [3.05, 3.63) is 34.0 Å². The zero-order chi connectivity index (χ0) is 15.8. The number of allylic oxidation sites excluding steroid dienone is 1. The van der Waals surface area contributed by atoms with E-state index in [4.69, 9.17) is 0 Å². The number of hydrogen-bond donors (Lipinski definition) is 1. The summed E-state index contributed by atoms with van der Waals surface area (Å²) < 4.78 is 0. The number of hydrogen-bond acceptors (Lipinski definition) is 3. The highest BCUT2D eigenvalue weighted by Gasteiger charge is 2.12. The average Bonchev–Trinajstić information content (AvgIpc) is 3.05. The van der Waals surface area contributed by atoms with Gasteiger partial charge in [0.05, 0.1) is 4.88 Å². The van der Waals surface area contributed by atoms with E-state index in [1.165, 1.54) is 42.6 Å². The van der Waals surface area contributed by atoms with E-state index >= 15 is 0 Å². The molecule has 0 aromatic carbocycles. The number of thiophene rings is 1. The fraction of sp³-hybridized carbons (Fsp3) is 0.529. The van der Waals surface area contributed by atoms with Gasteiger partial charge in [-0.1, -0.05) is 17.7 Å². The van der Waals surface area contributed by atoms with Crippen LogP contribution in [0.1, 0.15) is 48.7 Å². The molecule has 0 unspecified atom stereocenters. The number of amides is 2. The Bertz CT molecular complexity index is 523. The van der Waals surface area contributed by atoms with Crippen LogP contribution >= 0.6 is 11.3 Å². The summed E-state index contributed by atoms with van der Waals surface area (Å²) in [6.07, 6.45) is 8.17. The van der Waals surface area contributed by atoms with Crippen LogP contribution in [0.25, 0.3) is 0 Å². The second kappa shape index (κ2) is 8.73. The third-order valence-electron chi connectivity index (χ3n) is 3.95. The lowest BCUT2D eigenvalue weighted by atomic mass is 9.97. The van der Waals surface area contributed by atoms with E-state index in [1.807, 2.05) is 16.3 Å². The Morgan fingerprint density at radius 3 is 2.82 bits per heavy atom. The molecular formula is C17H24N2O2S. The van der Waals surface area contributed by atoms with Crippen LogP contribution in [-0.4, -0.2) is 36.3 Å². The highest BCUT2D eigenvalue weighted by atomic mass is 32.1. The molecule has 0 saturated carbocycles. The number of nitrogens with one attached hydrogen (secondary N) is 1. The number of nitrogens with zero attached hydrogens (tertiary/aromatic N) is 1. The molecule has 4 nitrogen and oxygen atoms in total. The first kappa shape index (κ1) is 16.7. The first-order valence-electron chi connectivity index (χ1n) is 7.92. The molecule has 1 aliphatic carbocycles. The van der Waals surface area contributed by atoms with Crippen LogP contribution in [0.3, 0.4) is 0 Å². The fourth-order valence-corrected chi connectivity index (χ4v) is 3.28. The van der Waals surface area contributed by atoms with E-state index < -0.39 is 0 Å². The van der Waals surface area contributed by atoms with Gasteiger partial charge in [-0.3, -0.25) is 9.59 Å². The van der Waals surface area contributed by atoms with Crippen LogP contribution in [0.5, 0.6) is 0 Å². The zero-order valence-electron chi connectivity index (χ0n) is 13.1. The molecule has 2 amide bonds. The van der Waals surface area contributed by atoms with E-state index in [0.29, 0.717) is 18.0 Å². The van der Waals surface area contributed by atoms with Crippen molar-refractivity contribution in [3.8, 4) is 0 Å². The first-order valence-corrected chi connectivity index (χ1v) is 8.80. The molecule has 0 spiro atoms. The summed E-state index contributed by atoms with van der Waals surface area (Å²) in [6, 6.07) is 3.66. The van der Waals surface area contributed by atoms with Gasteiger partial charge >= 0.3 is 0 Å².